The van der Waals surface area contributed by atoms with Crippen LogP contribution in [-0.4, -0.2) is 58.4 Å². The predicted molar refractivity (Wildman–Crippen MR) is 69.4 cm³/mol. The Morgan fingerprint density at radius 3 is 2.89 bits per heavy atom. The Bertz CT molecular complexity index is 351. The van der Waals surface area contributed by atoms with Crippen LogP contribution >= 0.6 is 0 Å². The molecule has 3 unspecified atom stereocenters. The molecule has 0 radical (unpaired) electrons. The third-order valence-electron chi connectivity index (χ3n) is 3.71. The molecule has 0 amide bonds. The van der Waals surface area contributed by atoms with Crippen LogP contribution in [0.3, 0.4) is 0 Å². The third kappa shape index (κ3) is 4.19. The SMILES string of the molecule is CS(=O)(=O)C1CCCC(OCC2CNCCO2)C1. The van der Waals surface area contributed by atoms with Crippen molar-refractivity contribution in [2.75, 3.05) is 32.6 Å². The van der Waals surface area contributed by atoms with Crippen LogP contribution in [0.15, 0.2) is 0 Å². The van der Waals surface area contributed by atoms with E-state index >= 15 is 0 Å². The first-order valence-corrected chi connectivity index (χ1v) is 8.64. The molecule has 3 atom stereocenters. The molecule has 0 bridgehead atoms. The Balaban J connectivity index is 1.75. The molecule has 0 aromatic rings. The van der Waals surface area contributed by atoms with Gasteiger partial charge in [0.05, 0.1) is 30.7 Å². The Hall–Kier alpha value is -0.170. The maximum atomic E-state index is 11.5. The Morgan fingerprint density at radius 2 is 2.22 bits per heavy atom. The van der Waals surface area contributed by atoms with Crippen molar-refractivity contribution in [3.05, 3.63) is 0 Å². The Morgan fingerprint density at radius 1 is 1.39 bits per heavy atom. The normalized spacial score (nSPS) is 34.4. The molecular weight excluding hydrogens is 254 g/mol. The fourth-order valence-corrected chi connectivity index (χ4v) is 3.77. The highest BCUT2D eigenvalue weighted by molar-refractivity contribution is 7.91. The van der Waals surface area contributed by atoms with Crippen molar-refractivity contribution in [2.24, 2.45) is 0 Å². The van der Waals surface area contributed by atoms with E-state index in [9.17, 15) is 8.42 Å². The van der Waals surface area contributed by atoms with Crippen molar-refractivity contribution >= 4 is 9.84 Å². The summed E-state index contributed by atoms with van der Waals surface area (Å²) in [6.07, 6.45) is 4.83. The molecule has 18 heavy (non-hydrogen) atoms. The first-order valence-electron chi connectivity index (χ1n) is 6.68. The lowest BCUT2D eigenvalue weighted by atomic mass is 9.97. The molecule has 6 heteroatoms. The van der Waals surface area contributed by atoms with Gasteiger partial charge < -0.3 is 14.8 Å². The van der Waals surface area contributed by atoms with Crippen LogP contribution in [0.4, 0.5) is 0 Å². The molecule has 5 nitrogen and oxygen atoms in total. The lowest BCUT2D eigenvalue weighted by Crippen LogP contribution is -2.42. The first-order chi connectivity index (χ1) is 8.55. The Labute approximate surface area is 109 Å². The van der Waals surface area contributed by atoms with E-state index in [-0.39, 0.29) is 17.5 Å². The number of ether oxygens (including phenoxy) is 2. The minimum atomic E-state index is -2.93. The number of hydrogen-bond acceptors (Lipinski definition) is 5. The van der Waals surface area contributed by atoms with Gasteiger partial charge >= 0.3 is 0 Å². The first kappa shape index (κ1) is 14.2. The van der Waals surface area contributed by atoms with Crippen molar-refractivity contribution in [1.29, 1.82) is 0 Å². The van der Waals surface area contributed by atoms with E-state index in [1.807, 2.05) is 0 Å². The average molecular weight is 277 g/mol. The van der Waals surface area contributed by atoms with Crippen LogP contribution in [-0.2, 0) is 19.3 Å². The van der Waals surface area contributed by atoms with E-state index in [1.54, 1.807) is 0 Å². The van der Waals surface area contributed by atoms with Crippen LogP contribution in [0.25, 0.3) is 0 Å². The van der Waals surface area contributed by atoms with E-state index < -0.39 is 9.84 Å². The highest BCUT2D eigenvalue weighted by Crippen LogP contribution is 2.26. The van der Waals surface area contributed by atoms with Crippen molar-refractivity contribution in [3.63, 3.8) is 0 Å². The van der Waals surface area contributed by atoms with Gasteiger partial charge in [0.25, 0.3) is 0 Å². The summed E-state index contributed by atoms with van der Waals surface area (Å²) in [5.74, 6) is 0. The van der Waals surface area contributed by atoms with Gasteiger partial charge in [0.2, 0.25) is 0 Å². The van der Waals surface area contributed by atoms with Crippen molar-refractivity contribution in [2.45, 2.75) is 43.1 Å². The zero-order valence-electron chi connectivity index (χ0n) is 10.9. The highest BCUT2D eigenvalue weighted by Gasteiger charge is 2.29. The molecule has 0 aromatic carbocycles. The second kappa shape index (κ2) is 6.32. The molecule has 1 heterocycles. The molecule has 1 aliphatic heterocycles. The maximum Gasteiger partial charge on any atom is 0.150 e. The van der Waals surface area contributed by atoms with Gasteiger partial charge in [-0.25, -0.2) is 8.42 Å². The fraction of sp³-hybridized carbons (Fsp3) is 1.00. The maximum absolute atomic E-state index is 11.5. The minimum Gasteiger partial charge on any atom is -0.375 e. The molecule has 1 saturated carbocycles. The van der Waals surface area contributed by atoms with Crippen LogP contribution < -0.4 is 5.32 Å². The molecular formula is C12H23NO4S. The summed E-state index contributed by atoms with van der Waals surface area (Å²) in [5.41, 5.74) is 0. The summed E-state index contributed by atoms with van der Waals surface area (Å²) in [6, 6.07) is 0. The van der Waals surface area contributed by atoms with Gasteiger partial charge in [-0.15, -0.1) is 0 Å². The standard InChI is InChI=1S/C12H23NO4S/c1-18(14,15)12-4-2-3-10(7-12)17-9-11-8-13-5-6-16-11/h10-13H,2-9H2,1H3. The van der Waals surface area contributed by atoms with E-state index in [0.29, 0.717) is 13.0 Å². The largest absolute Gasteiger partial charge is 0.375 e. The number of morpholine rings is 1. The fourth-order valence-electron chi connectivity index (χ4n) is 2.61. The number of nitrogens with one attached hydrogen (secondary N) is 1. The van der Waals surface area contributed by atoms with Gasteiger partial charge in [-0.3, -0.25) is 0 Å². The summed E-state index contributed by atoms with van der Waals surface area (Å²) in [7, 11) is -2.93. The van der Waals surface area contributed by atoms with Gasteiger partial charge in [0.1, 0.15) is 9.84 Å². The van der Waals surface area contributed by atoms with E-state index in [2.05, 4.69) is 5.32 Å². The Kier molecular flexibility index (Phi) is 5.00. The molecule has 0 aromatic heterocycles. The zero-order chi connectivity index (χ0) is 13.0. The van der Waals surface area contributed by atoms with Gasteiger partial charge in [-0.2, -0.15) is 0 Å². The third-order valence-corrected chi connectivity index (χ3v) is 5.34. The molecule has 106 valence electrons. The smallest absolute Gasteiger partial charge is 0.150 e. The van der Waals surface area contributed by atoms with Gasteiger partial charge in [-0.1, -0.05) is 0 Å². The van der Waals surface area contributed by atoms with Crippen LogP contribution in [0.2, 0.25) is 0 Å². The van der Waals surface area contributed by atoms with Crippen LogP contribution in [0.5, 0.6) is 0 Å². The van der Waals surface area contributed by atoms with E-state index in [0.717, 1.165) is 39.0 Å². The zero-order valence-corrected chi connectivity index (χ0v) is 11.7. The summed E-state index contributed by atoms with van der Waals surface area (Å²) >= 11 is 0. The molecule has 1 aliphatic carbocycles. The molecule has 1 N–H and O–H groups in total. The monoisotopic (exact) mass is 277 g/mol. The van der Waals surface area contributed by atoms with Crippen molar-refractivity contribution in [1.82, 2.24) is 5.32 Å². The molecule has 2 rings (SSSR count). The molecule has 0 spiro atoms. The van der Waals surface area contributed by atoms with Crippen molar-refractivity contribution < 1.29 is 17.9 Å². The summed E-state index contributed by atoms with van der Waals surface area (Å²) < 4.78 is 34.5. The molecule has 2 fully saturated rings. The minimum absolute atomic E-state index is 0.0731. The molecule has 2 aliphatic rings. The van der Waals surface area contributed by atoms with Gasteiger partial charge in [0, 0.05) is 19.3 Å². The second-order valence-corrected chi connectivity index (χ2v) is 7.60. The van der Waals surface area contributed by atoms with E-state index in [4.69, 9.17) is 9.47 Å². The lowest BCUT2D eigenvalue weighted by molar-refractivity contribution is -0.0626. The predicted octanol–water partition coefficient (Wildman–Crippen LogP) is 0.347. The van der Waals surface area contributed by atoms with Crippen LogP contribution in [0.1, 0.15) is 25.7 Å². The topological polar surface area (TPSA) is 64.6 Å². The summed E-state index contributed by atoms with van der Waals surface area (Å²) in [5, 5.41) is 3.03. The summed E-state index contributed by atoms with van der Waals surface area (Å²) in [4.78, 5) is 0. The van der Waals surface area contributed by atoms with Gasteiger partial charge in [0.15, 0.2) is 0 Å². The number of rotatable bonds is 4. The van der Waals surface area contributed by atoms with Crippen LogP contribution in [0, 0.1) is 0 Å². The van der Waals surface area contributed by atoms with Crippen molar-refractivity contribution in [3.8, 4) is 0 Å². The van der Waals surface area contributed by atoms with Gasteiger partial charge in [-0.05, 0) is 25.7 Å². The number of sulfone groups is 1. The van der Waals surface area contributed by atoms with E-state index in [1.165, 1.54) is 6.26 Å². The quantitative estimate of drug-likeness (QED) is 0.803. The summed E-state index contributed by atoms with van der Waals surface area (Å²) in [6.45, 7) is 3.01. The number of hydrogen-bond donors (Lipinski definition) is 1. The molecule has 1 saturated heterocycles. The average Bonchev–Trinajstić information content (AvgIpc) is 2.37. The second-order valence-electron chi connectivity index (χ2n) is 5.27. The highest BCUT2D eigenvalue weighted by atomic mass is 32.2. The lowest BCUT2D eigenvalue weighted by Gasteiger charge is -2.30.